The molecule has 2 aromatic rings. The zero-order chi connectivity index (χ0) is 16.8. The molecule has 2 rings (SSSR count). The van der Waals surface area contributed by atoms with E-state index in [4.69, 9.17) is 9.47 Å². The molecule has 23 heavy (non-hydrogen) atoms. The van der Waals surface area contributed by atoms with Crippen molar-refractivity contribution in [2.45, 2.75) is 13.5 Å². The van der Waals surface area contributed by atoms with Gasteiger partial charge in [-0.05, 0) is 12.1 Å². The lowest BCUT2D eigenvalue weighted by molar-refractivity contribution is -0.117. The molecule has 0 aliphatic heterocycles. The number of carbonyl (C=O) groups is 2. The molecule has 0 atom stereocenters. The highest BCUT2D eigenvalue weighted by atomic mass is 16.5. The van der Waals surface area contributed by atoms with Crippen molar-refractivity contribution in [3.8, 4) is 11.5 Å². The van der Waals surface area contributed by atoms with Crippen LogP contribution in [0.25, 0.3) is 0 Å². The maximum atomic E-state index is 12.1. The number of aromatic nitrogens is 3. The van der Waals surface area contributed by atoms with Crippen LogP contribution in [0.2, 0.25) is 0 Å². The standard InChI is InChI=1S/C14H17N5O4/c1-9(20)15-13-7-19(18-17-13)8-14(21)16-11-5-4-10(22-2)6-12(11)23-3/h4-7H,8H2,1-3H3,(H,15,20)(H,16,21). The van der Waals surface area contributed by atoms with Gasteiger partial charge in [0.2, 0.25) is 11.8 Å². The third kappa shape index (κ3) is 4.43. The van der Waals surface area contributed by atoms with E-state index < -0.39 is 0 Å². The molecule has 0 aliphatic rings. The maximum Gasteiger partial charge on any atom is 0.246 e. The molecule has 1 aromatic heterocycles. The molecule has 0 unspecified atom stereocenters. The topological polar surface area (TPSA) is 107 Å². The Morgan fingerprint density at radius 1 is 1.22 bits per heavy atom. The Hall–Kier alpha value is -3.10. The average molecular weight is 319 g/mol. The van der Waals surface area contributed by atoms with Crippen molar-refractivity contribution in [3.63, 3.8) is 0 Å². The third-order valence-corrected chi connectivity index (χ3v) is 2.83. The number of hydrogen-bond donors (Lipinski definition) is 2. The van der Waals surface area contributed by atoms with Gasteiger partial charge in [-0.2, -0.15) is 0 Å². The number of benzene rings is 1. The van der Waals surface area contributed by atoms with Crippen LogP contribution in [-0.4, -0.2) is 41.0 Å². The Bertz CT molecular complexity index is 713. The first kappa shape index (κ1) is 16.3. The summed E-state index contributed by atoms with van der Waals surface area (Å²) >= 11 is 0. The van der Waals surface area contributed by atoms with Gasteiger partial charge in [0, 0.05) is 13.0 Å². The van der Waals surface area contributed by atoms with Crippen molar-refractivity contribution in [1.29, 1.82) is 0 Å². The van der Waals surface area contributed by atoms with Crippen molar-refractivity contribution < 1.29 is 19.1 Å². The summed E-state index contributed by atoms with van der Waals surface area (Å²) in [6.45, 7) is 1.31. The molecule has 0 bridgehead atoms. The maximum absolute atomic E-state index is 12.1. The second-order valence-corrected chi connectivity index (χ2v) is 4.60. The fourth-order valence-electron chi connectivity index (χ4n) is 1.85. The number of nitrogens with one attached hydrogen (secondary N) is 2. The van der Waals surface area contributed by atoms with E-state index in [1.54, 1.807) is 25.3 Å². The summed E-state index contributed by atoms with van der Waals surface area (Å²) in [5, 5.41) is 12.7. The summed E-state index contributed by atoms with van der Waals surface area (Å²) in [4.78, 5) is 23.0. The molecule has 0 saturated heterocycles. The van der Waals surface area contributed by atoms with E-state index in [2.05, 4.69) is 20.9 Å². The fraction of sp³-hybridized carbons (Fsp3) is 0.286. The Kier molecular flexibility index (Phi) is 5.13. The van der Waals surface area contributed by atoms with Gasteiger partial charge >= 0.3 is 0 Å². The Labute approximate surface area is 132 Å². The molecule has 0 aliphatic carbocycles. The minimum Gasteiger partial charge on any atom is -0.497 e. The number of carbonyl (C=O) groups excluding carboxylic acids is 2. The van der Waals surface area contributed by atoms with Crippen molar-refractivity contribution in [3.05, 3.63) is 24.4 Å². The highest BCUT2D eigenvalue weighted by molar-refractivity contribution is 5.92. The van der Waals surface area contributed by atoms with Crippen LogP contribution in [0.3, 0.4) is 0 Å². The van der Waals surface area contributed by atoms with Gasteiger partial charge in [0.25, 0.3) is 0 Å². The quantitative estimate of drug-likeness (QED) is 0.819. The fourth-order valence-corrected chi connectivity index (χ4v) is 1.85. The van der Waals surface area contributed by atoms with Gasteiger partial charge in [0.05, 0.1) is 26.1 Å². The molecule has 0 radical (unpaired) electrons. The zero-order valence-corrected chi connectivity index (χ0v) is 13.0. The smallest absolute Gasteiger partial charge is 0.246 e. The van der Waals surface area contributed by atoms with Gasteiger partial charge in [-0.25, -0.2) is 4.68 Å². The van der Waals surface area contributed by atoms with Crippen molar-refractivity contribution >= 4 is 23.3 Å². The number of ether oxygens (including phenoxy) is 2. The summed E-state index contributed by atoms with van der Waals surface area (Å²) in [6, 6.07) is 5.06. The average Bonchev–Trinajstić information content (AvgIpc) is 2.93. The molecule has 2 amide bonds. The van der Waals surface area contributed by atoms with Crippen molar-refractivity contribution in [2.75, 3.05) is 24.9 Å². The van der Waals surface area contributed by atoms with Crippen molar-refractivity contribution in [2.24, 2.45) is 0 Å². The van der Waals surface area contributed by atoms with Gasteiger partial charge < -0.3 is 20.1 Å². The van der Waals surface area contributed by atoms with Crippen LogP contribution in [0.1, 0.15) is 6.92 Å². The molecule has 9 heteroatoms. The molecule has 1 heterocycles. The van der Waals surface area contributed by atoms with Crippen LogP contribution in [0.4, 0.5) is 11.5 Å². The predicted octanol–water partition coefficient (Wildman–Crippen LogP) is 0.892. The number of anilines is 2. The first-order valence-electron chi connectivity index (χ1n) is 6.71. The van der Waals surface area contributed by atoms with Gasteiger partial charge in [-0.1, -0.05) is 5.21 Å². The summed E-state index contributed by atoms with van der Waals surface area (Å²) in [7, 11) is 3.05. The van der Waals surface area contributed by atoms with Crippen LogP contribution in [0.5, 0.6) is 11.5 Å². The van der Waals surface area contributed by atoms with Crippen LogP contribution in [-0.2, 0) is 16.1 Å². The van der Waals surface area contributed by atoms with Crippen LogP contribution >= 0.6 is 0 Å². The lowest BCUT2D eigenvalue weighted by Crippen LogP contribution is -2.19. The van der Waals surface area contributed by atoms with Crippen LogP contribution in [0.15, 0.2) is 24.4 Å². The summed E-state index contributed by atoms with van der Waals surface area (Å²) < 4.78 is 11.6. The molecule has 122 valence electrons. The normalized spacial score (nSPS) is 10.0. The molecule has 1 aromatic carbocycles. The molecule has 9 nitrogen and oxygen atoms in total. The second kappa shape index (κ2) is 7.25. The van der Waals surface area contributed by atoms with Gasteiger partial charge in [-0.3, -0.25) is 9.59 Å². The summed E-state index contributed by atoms with van der Waals surface area (Å²) in [6.07, 6.45) is 1.46. The van der Waals surface area contributed by atoms with E-state index in [0.29, 0.717) is 17.2 Å². The van der Waals surface area contributed by atoms with E-state index in [1.807, 2.05) is 0 Å². The van der Waals surface area contributed by atoms with Crippen LogP contribution < -0.4 is 20.1 Å². The lowest BCUT2D eigenvalue weighted by Gasteiger charge is -2.11. The van der Waals surface area contributed by atoms with E-state index in [9.17, 15) is 9.59 Å². The van der Waals surface area contributed by atoms with E-state index in [1.165, 1.54) is 24.9 Å². The number of amides is 2. The number of methoxy groups -OCH3 is 2. The van der Waals surface area contributed by atoms with Crippen molar-refractivity contribution in [1.82, 2.24) is 15.0 Å². The molecular weight excluding hydrogens is 302 g/mol. The number of nitrogens with zero attached hydrogens (tertiary/aromatic N) is 3. The molecule has 0 fully saturated rings. The Balaban J connectivity index is 2.02. The second-order valence-electron chi connectivity index (χ2n) is 4.60. The van der Waals surface area contributed by atoms with Crippen LogP contribution in [0, 0.1) is 0 Å². The Morgan fingerprint density at radius 2 is 2.00 bits per heavy atom. The highest BCUT2D eigenvalue weighted by Gasteiger charge is 2.11. The number of rotatable bonds is 6. The number of hydrogen-bond acceptors (Lipinski definition) is 6. The lowest BCUT2D eigenvalue weighted by atomic mass is 10.2. The summed E-state index contributed by atoms with van der Waals surface area (Å²) in [5.74, 6) is 0.816. The third-order valence-electron chi connectivity index (χ3n) is 2.83. The molecule has 2 N–H and O–H groups in total. The molecular formula is C14H17N5O4. The molecule has 0 saturated carbocycles. The molecule has 0 spiro atoms. The SMILES string of the molecule is COc1ccc(NC(=O)Cn2cc(NC(C)=O)nn2)c(OC)c1. The minimum absolute atomic E-state index is 0.0538. The van der Waals surface area contributed by atoms with E-state index >= 15 is 0 Å². The van der Waals surface area contributed by atoms with E-state index in [-0.39, 0.29) is 24.2 Å². The predicted molar refractivity (Wildman–Crippen MR) is 82.5 cm³/mol. The largest absolute Gasteiger partial charge is 0.497 e. The first-order chi connectivity index (χ1) is 11.0. The highest BCUT2D eigenvalue weighted by Crippen LogP contribution is 2.28. The van der Waals surface area contributed by atoms with Gasteiger partial charge in [0.1, 0.15) is 18.0 Å². The zero-order valence-electron chi connectivity index (χ0n) is 13.0. The monoisotopic (exact) mass is 319 g/mol. The first-order valence-corrected chi connectivity index (χ1v) is 6.71. The summed E-state index contributed by atoms with van der Waals surface area (Å²) in [5.41, 5.74) is 0.514. The Morgan fingerprint density at radius 3 is 2.65 bits per heavy atom. The van der Waals surface area contributed by atoms with Gasteiger partial charge in [0.15, 0.2) is 5.82 Å². The minimum atomic E-state index is -0.312. The van der Waals surface area contributed by atoms with Gasteiger partial charge in [-0.15, -0.1) is 5.10 Å². The van der Waals surface area contributed by atoms with E-state index in [0.717, 1.165) is 0 Å².